The maximum Gasteiger partial charge on any atom is 0.336 e. The molecule has 0 saturated carbocycles. The van der Waals surface area contributed by atoms with Crippen molar-refractivity contribution in [1.82, 2.24) is 4.98 Å². The number of carbonyl (C=O) groups excluding carboxylic acids is 1. The lowest BCUT2D eigenvalue weighted by atomic mass is 9.80. The van der Waals surface area contributed by atoms with Crippen molar-refractivity contribution >= 4 is 11.7 Å². The number of pyridine rings is 1. The van der Waals surface area contributed by atoms with Gasteiger partial charge in [-0.1, -0.05) is 6.07 Å². The van der Waals surface area contributed by atoms with Gasteiger partial charge in [-0.25, -0.2) is 9.78 Å². The highest BCUT2D eigenvalue weighted by Gasteiger charge is 2.38. The fourth-order valence-corrected chi connectivity index (χ4v) is 3.78. The molecule has 0 spiro atoms. The van der Waals surface area contributed by atoms with Gasteiger partial charge >= 0.3 is 5.97 Å². The number of nitriles is 2. The van der Waals surface area contributed by atoms with Crippen LogP contribution in [0.2, 0.25) is 0 Å². The molecular formula is C24H24N4O4. The molecule has 0 bridgehead atoms. The fraction of sp³-hybridized carbons (Fsp3) is 0.333. The summed E-state index contributed by atoms with van der Waals surface area (Å²) in [4.78, 5) is 17.7. The van der Waals surface area contributed by atoms with Gasteiger partial charge in [0.05, 0.1) is 54.9 Å². The maximum atomic E-state index is 13.2. The Hall–Kier alpha value is -4.04. The zero-order valence-electron chi connectivity index (χ0n) is 18.5. The van der Waals surface area contributed by atoms with Crippen molar-refractivity contribution in [2.24, 2.45) is 0 Å². The summed E-state index contributed by atoms with van der Waals surface area (Å²) < 4.78 is 16.8. The van der Waals surface area contributed by atoms with Crippen molar-refractivity contribution in [2.45, 2.75) is 33.1 Å². The minimum Gasteiger partial charge on any atom is -0.496 e. The largest absolute Gasteiger partial charge is 0.496 e. The first-order valence-electron chi connectivity index (χ1n) is 10.2. The molecule has 32 heavy (non-hydrogen) atoms. The average Bonchev–Trinajstić information content (AvgIpc) is 2.77. The summed E-state index contributed by atoms with van der Waals surface area (Å²) in [5, 5.41) is 21.4. The Morgan fingerprint density at radius 2 is 2.03 bits per heavy atom. The number of aryl methyl sites for hydroxylation is 1. The van der Waals surface area contributed by atoms with Crippen LogP contribution in [0.15, 0.2) is 35.5 Å². The SMILES string of the molecule is CCOc1nc(C)cc2c1C(c1ccc(C#N)cc1OC)C(C(=O)OCCC#N)=C(C)N2. The molecule has 3 rings (SSSR count). The molecule has 164 valence electrons. The number of aromatic nitrogens is 1. The minimum absolute atomic E-state index is 0.0132. The van der Waals surface area contributed by atoms with Gasteiger partial charge in [-0.05, 0) is 39.0 Å². The van der Waals surface area contributed by atoms with E-state index in [1.54, 1.807) is 25.1 Å². The highest BCUT2D eigenvalue weighted by molar-refractivity contribution is 5.95. The Labute approximate surface area is 187 Å². The van der Waals surface area contributed by atoms with Crippen LogP contribution in [-0.2, 0) is 9.53 Å². The lowest BCUT2D eigenvalue weighted by Crippen LogP contribution is -2.26. The summed E-state index contributed by atoms with van der Waals surface area (Å²) >= 11 is 0. The Balaban J connectivity index is 2.27. The van der Waals surface area contributed by atoms with E-state index in [4.69, 9.17) is 19.5 Å². The van der Waals surface area contributed by atoms with Gasteiger partial charge in [0.25, 0.3) is 0 Å². The molecule has 0 aliphatic carbocycles. The topological polar surface area (TPSA) is 117 Å². The number of ether oxygens (including phenoxy) is 3. The smallest absolute Gasteiger partial charge is 0.336 e. The van der Waals surface area contributed by atoms with Crippen LogP contribution in [0, 0.1) is 29.6 Å². The Morgan fingerprint density at radius 1 is 1.25 bits per heavy atom. The molecule has 0 amide bonds. The fourth-order valence-electron chi connectivity index (χ4n) is 3.78. The monoisotopic (exact) mass is 432 g/mol. The highest BCUT2D eigenvalue weighted by Crippen LogP contribution is 2.48. The van der Waals surface area contributed by atoms with Gasteiger partial charge < -0.3 is 19.5 Å². The van der Waals surface area contributed by atoms with E-state index in [0.717, 1.165) is 11.4 Å². The van der Waals surface area contributed by atoms with Gasteiger partial charge in [-0.15, -0.1) is 0 Å². The zero-order chi connectivity index (χ0) is 23.3. The molecule has 0 fully saturated rings. The molecule has 1 aliphatic rings. The molecular weight excluding hydrogens is 408 g/mol. The van der Waals surface area contributed by atoms with E-state index >= 15 is 0 Å². The molecule has 8 nitrogen and oxygen atoms in total. The summed E-state index contributed by atoms with van der Waals surface area (Å²) in [5.74, 6) is -0.296. The molecule has 1 atom stereocenters. The summed E-state index contributed by atoms with van der Waals surface area (Å²) in [6, 6.07) is 11.0. The second-order valence-corrected chi connectivity index (χ2v) is 7.17. The van der Waals surface area contributed by atoms with Crippen molar-refractivity contribution in [1.29, 1.82) is 10.5 Å². The molecule has 2 aromatic rings. The molecule has 2 heterocycles. The number of anilines is 1. The standard InChI is InChI=1S/C24H24N4O4/c1-5-31-23-22-18(11-14(2)27-23)28-15(3)20(24(29)32-10-6-9-25)21(22)17-8-7-16(13-26)12-19(17)30-4/h7-8,11-12,21,28H,5-6,10H2,1-4H3. The van der Waals surface area contributed by atoms with Crippen LogP contribution >= 0.6 is 0 Å². The van der Waals surface area contributed by atoms with Gasteiger partial charge in [0, 0.05) is 22.6 Å². The van der Waals surface area contributed by atoms with E-state index < -0.39 is 11.9 Å². The van der Waals surface area contributed by atoms with Gasteiger partial charge in [0.1, 0.15) is 12.4 Å². The lowest BCUT2D eigenvalue weighted by Gasteiger charge is -2.32. The number of methoxy groups -OCH3 is 1. The quantitative estimate of drug-likeness (QED) is 0.516. The Morgan fingerprint density at radius 3 is 2.69 bits per heavy atom. The number of rotatable bonds is 7. The third-order valence-corrected chi connectivity index (χ3v) is 5.08. The number of nitrogens with zero attached hydrogens (tertiary/aromatic N) is 3. The number of nitrogens with one attached hydrogen (secondary N) is 1. The molecule has 1 aromatic carbocycles. The lowest BCUT2D eigenvalue weighted by molar-refractivity contribution is -0.139. The minimum atomic E-state index is -0.613. The first-order valence-corrected chi connectivity index (χ1v) is 10.2. The second-order valence-electron chi connectivity index (χ2n) is 7.17. The van der Waals surface area contributed by atoms with E-state index in [2.05, 4.69) is 16.4 Å². The third-order valence-electron chi connectivity index (χ3n) is 5.08. The number of fused-ring (bicyclic) bond motifs is 1. The summed E-state index contributed by atoms with van der Waals surface area (Å²) in [5.41, 5.74) is 4.30. The van der Waals surface area contributed by atoms with Gasteiger partial charge in [-0.3, -0.25) is 0 Å². The molecule has 1 aromatic heterocycles. The molecule has 1 aliphatic heterocycles. The first-order chi connectivity index (χ1) is 15.4. The normalized spacial score (nSPS) is 14.5. The van der Waals surface area contributed by atoms with Crippen LogP contribution in [0.4, 0.5) is 5.69 Å². The van der Waals surface area contributed by atoms with Crippen LogP contribution in [0.1, 0.15) is 48.6 Å². The van der Waals surface area contributed by atoms with Crippen LogP contribution < -0.4 is 14.8 Å². The highest BCUT2D eigenvalue weighted by atomic mass is 16.5. The zero-order valence-corrected chi connectivity index (χ0v) is 18.5. The second kappa shape index (κ2) is 9.84. The molecule has 0 radical (unpaired) electrons. The summed E-state index contributed by atoms with van der Waals surface area (Å²) in [6.07, 6.45) is 0.0951. The first kappa shape index (κ1) is 22.6. The average molecular weight is 432 g/mol. The van der Waals surface area contributed by atoms with Gasteiger partial charge in [-0.2, -0.15) is 10.5 Å². The molecule has 1 unspecified atom stereocenters. The maximum absolute atomic E-state index is 13.2. The van der Waals surface area contributed by atoms with Crippen LogP contribution in [0.5, 0.6) is 11.6 Å². The van der Waals surface area contributed by atoms with Crippen molar-refractivity contribution in [3.8, 4) is 23.8 Å². The van der Waals surface area contributed by atoms with Crippen molar-refractivity contribution < 1.29 is 19.0 Å². The molecule has 1 N–H and O–H groups in total. The van der Waals surface area contributed by atoms with E-state index in [0.29, 0.717) is 46.2 Å². The predicted molar refractivity (Wildman–Crippen MR) is 117 cm³/mol. The van der Waals surface area contributed by atoms with Crippen molar-refractivity contribution in [2.75, 3.05) is 25.6 Å². The van der Waals surface area contributed by atoms with E-state index in [1.807, 2.05) is 26.0 Å². The number of hydrogen-bond donors (Lipinski definition) is 1. The van der Waals surface area contributed by atoms with E-state index in [9.17, 15) is 10.1 Å². The predicted octanol–water partition coefficient (Wildman–Crippen LogP) is 3.96. The van der Waals surface area contributed by atoms with Crippen molar-refractivity contribution in [3.05, 3.63) is 57.9 Å². The van der Waals surface area contributed by atoms with Crippen LogP contribution in [0.3, 0.4) is 0 Å². The number of esters is 1. The number of benzene rings is 1. The molecule has 8 heteroatoms. The number of allylic oxidation sites excluding steroid dienone is 1. The summed E-state index contributed by atoms with van der Waals surface area (Å²) in [7, 11) is 1.51. The number of carbonyl (C=O) groups is 1. The third kappa shape index (κ3) is 4.35. The Kier molecular flexibility index (Phi) is 6.97. The van der Waals surface area contributed by atoms with Crippen molar-refractivity contribution in [3.63, 3.8) is 0 Å². The Bertz CT molecular complexity index is 1160. The van der Waals surface area contributed by atoms with Crippen LogP contribution in [-0.4, -0.2) is 31.3 Å². The van der Waals surface area contributed by atoms with E-state index in [-0.39, 0.29) is 13.0 Å². The number of hydrogen-bond acceptors (Lipinski definition) is 8. The van der Waals surface area contributed by atoms with E-state index in [1.165, 1.54) is 7.11 Å². The van der Waals surface area contributed by atoms with Gasteiger partial charge in [0.15, 0.2) is 0 Å². The summed E-state index contributed by atoms with van der Waals surface area (Å²) in [6.45, 7) is 5.91. The van der Waals surface area contributed by atoms with Gasteiger partial charge in [0.2, 0.25) is 5.88 Å². The molecule has 0 saturated heterocycles. The van der Waals surface area contributed by atoms with Crippen LogP contribution in [0.25, 0.3) is 0 Å².